The van der Waals surface area contributed by atoms with Gasteiger partial charge < -0.3 is 14.5 Å². The van der Waals surface area contributed by atoms with Crippen LogP contribution in [0.5, 0.6) is 0 Å². The van der Waals surface area contributed by atoms with Crippen molar-refractivity contribution in [1.29, 1.82) is 0 Å². The number of carbonyl (C=O) groups is 2. The zero-order chi connectivity index (χ0) is 21.6. The number of rotatable bonds is 7. The van der Waals surface area contributed by atoms with Crippen molar-refractivity contribution in [3.8, 4) is 0 Å². The van der Waals surface area contributed by atoms with Crippen LogP contribution in [0.2, 0.25) is 5.02 Å². The van der Waals surface area contributed by atoms with Crippen LogP contribution in [-0.2, 0) is 20.7 Å². The summed E-state index contributed by atoms with van der Waals surface area (Å²) in [5.41, 5.74) is 0.339. The second kappa shape index (κ2) is 10.6. The lowest BCUT2D eigenvalue weighted by Crippen LogP contribution is -2.53. The number of nitrogens with zero attached hydrogens (tertiary/aromatic N) is 3. The Labute approximate surface area is 185 Å². The van der Waals surface area contributed by atoms with Gasteiger partial charge in [-0.15, -0.1) is 0 Å². The number of benzene rings is 1. The monoisotopic (exact) mass is 435 g/mol. The van der Waals surface area contributed by atoms with Crippen molar-refractivity contribution in [1.82, 2.24) is 14.7 Å². The van der Waals surface area contributed by atoms with Crippen LogP contribution < -0.4 is 0 Å². The number of amides is 1. The van der Waals surface area contributed by atoms with Gasteiger partial charge in [-0.3, -0.25) is 14.5 Å². The van der Waals surface area contributed by atoms with E-state index in [9.17, 15) is 9.59 Å². The number of halogens is 1. The van der Waals surface area contributed by atoms with E-state index in [1.807, 2.05) is 36.1 Å². The molecular formula is C23H34ClN3O3. The van der Waals surface area contributed by atoms with Gasteiger partial charge in [0.25, 0.3) is 0 Å². The maximum atomic E-state index is 12.9. The molecule has 2 aliphatic rings. The highest BCUT2D eigenvalue weighted by molar-refractivity contribution is 6.31. The number of hydrogen-bond donors (Lipinski definition) is 0. The van der Waals surface area contributed by atoms with E-state index in [0.29, 0.717) is 50.5 Å². The van der Waals surface area contributed by atoms with Crippen molar-refractivity contribution in [2.75, 3.05) is 59.0 Å². The Kier molecular flexibility index (Phi) is 8.14. The summed E-state index contributed by atoms with van der Waals surface area (Å²) in [4.78, 5) is 32.3. The molecule has 1 aromatic rings. The van der Waals surface area contributed by atoms with Gasteiger partial charge in [0.1, 0.15) is 0 Å². The first kappa shape index (κ1) is 23.0. The number of ether oxygens (including phenoxy) is 1. The predicted molar refractivity (Wildman–Crippen MR) is 119 cm³/mol. The van der Waals surface area contributed by atoms with Crippen molar-refractivity contribution < 1.29 is 14.3 Å². The molecule has 6 nitrogen and oxygen atoms in total. The smallest absolute Gasteiger partial charge is 0.312 e. The van der Waals surface area contributed by atoms with Crippen LogP contribution in [0.4, 0.5) is 0 Å². The summed E-state index contributed by atoms with van der Waals surface area (Å²) in [6.07, 6.45) is 1.76. The van der Waals surface area contributed by atoms with Crippen molar-refractivity contribution in [3.63, 3.8) is 0 Å². The molecule has 3 rings (SSSR count). The van der Waals surface area contributed by atoms with Gasteiger partial charge in [-0.25, -0.2) is 0 Å². The summed E-state index contributed by atoms with van der Waals surface area (Å²) < 4.78 is 5.44. The van der Waals surface area contributed by atoms with Gasteiger partial charge in [0.15, 0.2) is 0 Å². The Morgan fingerprint density at radius 1 is 1.00 bits per heavy atom. The van der Waals surface area contributed by atoms with Gasteiger partial charge in [0, 0.05) is 44.3 Å². The first-order valence-corrected chi connectivity index (χ1v) is 11.5. The molecule has 166 valence electrons. The highest BCUT2D eigenvalue weighted by atomic mass is 35.5. The van der Waals surface area contributed by atoms with Crippen molar-refractivity contribution >= 4 is 23.5 Å². The molecule has 0 spiro atoms. The third kappa shape index (κ3) is 5.54. The van der Waals surface area contributed by atoms with E-state index < -0.39 is 5.41 Å². The van der Waals surface area contributed by atoms with Gasteiger partial charge >= 0.3 is 5.97 Å². The van der Waals surface area contributed by atoms with Crippen molar-refractivity contribution in [2.24, 2.45) is 5.41 Å². The second-order valence-corrected chi connectivity index (χ2v) is 8.77. The minimum absolute atomic E-state index is 0.162. The summed E-state index contributed by atoms with van der Waals surface area (Å²) in [6, 6.07) is 7.66. The lowest BCUT2D eigenvalue weighted by atomic mass is 9.73. The zero-order valence-corrected chi connectivity index (χ0v) is 19.0. The number of piperidine rings is 1. The van der Waals surface area contributed by atoms with Crippen LogP contribution in [0.1, 0.15) is 32.3 Å². The minimum Gasteiger partial charge on any atom is -0.466 e. The van der Waals surface area contributed by atoms with Gasteiger partial charge in [0.05, 0.1) is 18.6 Å². The highest BCUT2D eigenvalue weighted by Gasteiger charge is 2.44. The molecule has 0 bridgehead atoms. The van der Waals surface area contributed by atoms with Crippen LogP contribution in [0.3, 0.4) is 0 Å². The molecule has 0 saturated carbocycles. The lowest BCUT2D eigenvalue weighted by Gasteiger charge is -2.41. The summed E-state index contributed by atoms with van der Waals surface area (Å²) in [5, 5.41) is 0.672. The third-order valence-corrected chi connectivity index (χ3v) is 6.91. The molecule has 2 saturated heterocycles. The maximum Gasteiger partial charge on any atom is 0.312 e. The molecule has 2 heterocycles. The van der Waals surface area contributed by atoms with Gasteiger partial charge in [-0.1, -0.05) is 36.7 Å². The van der Waals surface area contributed by atoms with Gasteiger partial charge in [0.2, 0.25) is 5.91 Å². The summed E-state index contributed by atoms with van der Waals surface area (Å²) in [6.45, 7) is 11.0. The fraction of sp³-hybridized carbons (Fsp3) is 0.652. The molecule has 1 aromatic carbocycles. The van der Waals surface area contributed by atoms with E-state index in [4.69, 9.17) is 16.3 Å². The molecule has 30 heavy (non-hydrogen) atoms. The first-order valence-electron chi connectivity index (χ1n) is 11.1. The number of esters is 1. The lowest BCUT2D eigenvalue weighted by molar-refractivity contribution is -0.160. The van der Waals surface area contributed by atoms with Gasteiger partial charge in [-0.2, -0.15) is 0 Å². The number of hydrogen-bond acceptors (Lipinski definition) is 5. The first-order chi connectivity index (χ1) is 14.5. The van der Waals surface area contributed by atoms with Crippen LogP contribution in [0.15, 0.2) is 24.3 Å². The van der Waals surface area contributed by atoms with E-state index in [-0.39, 0.29) is 11.9 Å². The SMILES string of the molecule is CCOC(=O)C1(Cc2ccccc2Cl)CCN(C(=O)CN2CCN(CC)CC2)CC1. The number of likely N-dealkylation sites (N-methyl/N-ethyl adjacent to an activating group) is 1. The van der Waals surface area contributed by atoms with Crippen LogP contribution >= 0.6 is 11.6 Å². The van der Waals surface area contributed by atoms with Gasteiger partial charge in [-0.05, 0) is 44.4 Å². The standard InChI is InChI=1S/C23H34ClN3O3/c1-3-25-13-15-26(16-14-25)18-21(28)27-11-9-23(10-12-27,22(29)30-4-2)17-19-7-5-6-8-20(19)24/h5-8H,3-4,9-18H2,1-2H3. The molecule has 0 atom stereocenters. The molecule has 0 radical (unpaired) electrons. The predicted octanol–water partition coefficient (Wildman–Crippen LogP) is 2.69. The van der Waals surface area contributed by atoms with E-state index in [2.05, 4.69) is 16.7 Å². The molecule has 2 aliphatic heterocycles. The number of piperazine rings is 1. The van der Waals surface area contributed by atoms with E-state index in [0.717, 1.165) is 38.3 Å². The van der Waals surface area contributed by atoms with Crippen LogP contribution in [-0.4, -0.2) is 85.5 Å². The Hall–Kier alpha value is -1.63. The largest absolute Gasteiger partial charge is 0.466 e. The Bertz CT molecular complexity index is 726. The fourth-order valence-electron chi connectivity index (χ4n) is 4.48. The Morgan fingerprint density at radius 3 is 2.23 bits per heavy atom. The summed E-state index contributed by atoms with van der Waals surface area (Å²) in [5.74, 6) is -0.0112. The van der Waals surface area contributed by atoms with Crippen molar-refractivity contribution in [3.05, 3.63) is 34.9 Å². The summed E-state index contributed by atoms with van der Waals surface area (Å²) in [7, 11) is 0. The maximum absolute atomic E-state index is 12.9. The van der Waals surface area contributed by atoms with Crippen LogP contribution in [0.25, 0.3) is 0 Å². The highest BCUT2D eigenvalue weighted by Crippen LogP contribution is 2.38. The van der Waals surface area contributed by atoms with E-state index in [1.54, 1.807) is 0 Å². The molecular weight excluding hydrogens is 402 g/mol. The second-order valence-electron chi connectivity index (χ2n) is 8.36. The molecule has 1 amide bonds. The summed E-state index contributed by atoms with van der Waals surface area (Å²) >= 11 is 6.37. The van der Waals surface area contributed by atoms with E-state index in [1.165, 1.54) is 0 Å². The minimum atomic E-state index is -0.621. The quantitative estimate of drug-likeness (QED) is 0.616. The number of likely N-dealkylation sites (tertiary alicyclic amines) is 1. The van der Waals surface area contributed by atoms with Crippen LogP contribution in [0, 0.1) is 5.41 Å². The Morgan fingerprint density at radius 2 is 1.63 bits per heavy atom. The zero-order valence-electron chi connectivity index (χ0n) is 18.2. The molecule has 0 N–H and O–H groups in total. The topological polar surface area (TPSA) is 53.1 Å². The molecule has 0 aromatic heterocycles. The van der Waals surface area contributed by atoms with Crippen molar-refractivity contribution in [2.45, 2.75) is 33.1 Å². The Balaban J connectivity index is 1.61. The number of carbonyl (C=O) groups excluding carboxylic acids is 2. The third-order valence-electron chi connectivity index (χ3n) is 6.54. The molecule has 7 heteroatoms. The molecule has 2 fully saturated rings. The fourth-order valence-corrected chi connectivity index (χ4v) is 4.69. The average molecular weight is 436 g/mol. The molecule has 0 unspecified atom stereocenters. The molecule has 0 aliphatic carbocycles. The average Bonchev–Trinajstić information content (AvgIpc) is 2.76. The van der Waals surface area contributed by atoms with E-state index >= 15 is 0 Å². The normalized spacial score (nSPS) is 20.2.